The Kier molecular flexibility index (Phi) is 4.97. The quantitative estimate of drug-likeness (QED) is 0.855. The summed E-state index contributed by atoms with van der Waals surface area (Å²) in [6.45, 7) is 2.67. The Hall–Kier alpha value is -2.06. The van der Waals surface area contributed by atoms with Gasteiger partial charge in [-0.2, -0.15) is 5.26 Å². The summed E-state index contributed by atoms with van der Waals surface area (Å²) in [6, 6.07) is 8.90. The Labute approximate surface area is 118 Å². The minimum Gasteiger partial charge on any atom is -0.484 e. The lowest BCUT2D eigenvalue weighted by atomic mass is 9.89. The molecule has 0 spiro atoms. The number of hydrogen-bond donors (Lipinski definition) is 1. The molecule has 1 fully saturated rings. The normalized spacial score (nSPS) is 20.6. The second-order valence-corrected chi connectivity index (χ2v) is 4.74. The molecule has 0 atom stereocenters. The maximum Gasteiger partial charge on any atom is 0.258 e. The van der Waals surface area contributed by atoms with Crippen LogP contribution in [0, 0.1) is 11.3 Å². The molecule has 0 radical (unpaired) electrons. The van der Waals surface area contributed by atoms with Crippen LogP contribution < -0.4 is 10.1 Å². The minimum absolute atomic E-state index is 0.0122. The van der Waals surface area contributed by atoms with Gasteiger partial charge in [-0.3, -0.25) is 4.79 Å². The van der Waals surface area contributed by atoms with Gasteiger partial charge in [0.05, 0.1) is 17.7 Å². The van der Waals surface area contributed by atoms with E-state index in [4.69, 9.17) is 14.7 Å². The summed E-state index contributed by atoms with van der Waals surface area (Å²) in [4.78, 5) is 11.7. The van der Waals surface area contributed by atoms with E-state index in [1.807, 2.05) is 13.0 Å². The number of hydrogen-bond acceptors (Lipinski definition) is 4. The van der Waals surface area contributed by atoms with Crippen molar-refractivity contribution in [2.75, 3.05) is 13.2 Å². The standard InChI is InChI=1S/C15H18N2O3/c1-2-19-14-7-12(8-14)17-15(18)10-20-13-5-3-11(9-16)4-6-13/h3-6,12,14H,2,7-8,10H2,1H3,(H,17,18). The molecule has 5 nitrogen and oxygen atoms in total. The van der Waals surface area contributed by atoms with Crippen LogP contribution in [0.4, 0.5) is 0 Å². The zero-order valence-corrected chi connectivity index (χ0v) is 11.5. The average Bonchev–Trinajstić information content (AvgIpc) is 2.43. The SMILES string of the molecule is CCOC1CC(NC(=O)COc2ccc(C#N)cc2)C1. The van der Waals surface area contributed by atoms with Crippen molar-refractivity contribution >= 4 is 5.91 Å². The lowest BCUT2D eigenvalue weighted by Gasteiger charge is -2.35. The molecule has 1 aliphatic rings. The summed E-state index contributed by atoms with van der Waals surface area (Å²) in [5.41, 5.74) is 0.568. The number of carbonyl (C=O) groups is 1. The monoisotopic (exact) mass is 274 g/mol. The Bertz CT molecular complexity index is 487. The fourth-order valence-electron chi connectivity index (χ4n) is 2.10. The predicted octanol–water partition coefficient (Wildman–Crippen LogP) is 1.62. The number of nitriles is 1. The molecule has 1 aromatic carbocycles. The summed E-state index contributed by atoms with van der Waals surface area (Å²) in [7, 11) is 0. The molecule has 0 aromatic heterocycles. The van der Waals surface area contributed by atoms with Crippen LogP contribution in [0.5, 0.6) is 5.75 Å². The van der Waals surface area contributed by atoms with Gasteiger partial charge in [0.1, 0.15) is 5.75 Å². The lowest BCUT2D eigenvalue weighted by molar-refractivity contribution is -0.125. The van der Waals surface area contributed by atoms with Crippen LogP contribution in [0.2, 0.25) is 0 Å². The number of benzene rings is 1. The highest BCUT2D eigenvalue weighted by atomic mass is 16.5. The van der Waals surface area contributed by atoms with Crippen LogP contribution in [0.3, 0.4) is 0 Å². The van der Waals surface area contributed by atoms with E-state index in [9.17, 15) is 4.79 Å². The van der Waals surface area contributed by atoms with Crippen LogP contribution in [-0.4, -0.2) is 31.3 Å². The van der Waals surface area contributed by atoms with Crippen molar-refractivity contribution < 1.29 is 14.3 Å². The smallest absolute Gasteiger partial charge is 0.258 e. The maximum atomic E-state index is 11.7. The largest absolute Gasteiger partial charge is 0.484 e. The number of ether oxygens (including phenoxy) is 2. The van der Waals surface area contributed by atoms with Gasteiger partial charge in [-0.25, -0.2) is 0 Å². The van der Waals surface area contributed by atoms with Crippen molar-refractivity contribution in [1.29, 1.82) is 5.26 Å². The molecule has 0 aliphatic heterocycles. The van der Waals surface area contributed by atoms with Gasteiger partial charge in [-0.1, -0.05) is 0 Å². The molecule has 0 saturated heterocycles. The molecule has 0 bridgehead atoms. The molecule has 0 heterocycles. The number of amides is 1. The van der Waals surface area contributed by atoms with E-state index >= 15 is 0 Å². The van der Waals surface area contributed by atoms with Crippen molar-refractivity contribution in [2.24, 2.45) is 0 Å². The van der Waals surface area contributed by atoms with Gasteiger partial charge in [-0.15, -0.1) is 0 Å². The van der Waals surface area contributed by atoms with E-state index in [-0.39, 0.29) is 24.7 Å². The van der Waals surface area contributed by atoms with Crippen molar-refractivity contribution in [3.05, 3.63) is 29.8 Å². The third kappa shape index (κ3) is 3.97. The van der Waals surface area contributed by atoms with Crippen molar-refractivity contribution in [3.8, 4) is 11.8 Å². The molecule has 20 heavy (non-hydrogen) atoms. The molecule has 0 unspecified atom stereocenters. The van der Waals surface area contributed by atoms with Crippen LogP contribution in [0.1, 0.15) is 25.3 Å². The molecule has 5 heteroatoms. The number of carbonyl (C=O) groups excluding carboxylic acids is 1. The fraction of sp³-hybridized carbons (Fsp3) is 0.467. The molecule has 1 N–H and O–H groups in total. The Morgan fingerprint density at radius 2 is 2.10 bits per heavy atom. The summed E-state index contributed by atoms with van der Waals surface area (Å²) < 4.78 is 10.8. The van der Waals surface area contributed by atoms with Crippen molar-refractivity contribution in [3.63, 3.8) is 0 Å². The first-order chi connectivity index (χ1) is 9.71. The molecule has 1 amide bonds. The Balaban J connectivity index is 1.66. The third-order valence-electron chi connectivity index (χ3n) is 3.22. The van der Waals surface area contributed by atoms with E-state index in [1.165, 1.54) is 0 Å². The molecule has 1 saturated carbocycles. The van der Waals surface area contributed by atoms with Gasteiger partial charge in [-0.05, 0) is 44.0 Å². The summed E-state index contributed by atoms with van der Waals surface area (Å²) in [5, 5.41) is 11.6. The first kappa shape index (κ1) is 14.4. The van der Waals surface area contributed by atoms with Gasteiger partial charge >= 0.3 is 0 Å². The van der Waals surface area contributed by atoms with Crippen molar-refractivity contribution in [1.82, 2.24) is 5.32 Å². The van der Waals surface area contributed by atoms with Crippen LogP contribution in [0.15, 0.2) is 24.3 Å². The van der Waals surface area contributed by atoms with E-state index in [0.29, 0.717) is 17.9 Å². The summed E-state index contributed by atoms with van der Waals surface area (Å²) in [6.07, 6.45) is 2.03. The van der Waals surface area contributed by atoms with E-state index in [2.05, 4.69) is 5.32 Å². The fourth-order valence-corrected chi connectivity index (χ4v) is 2.10. The van der Waals surface area contributed by atoms with Crippen LogP contribution in [-0.2, 0) is 9.53 Å². The van der Waals surface area contributed by atoms with Gasteiger partial charge in [0.25, 0.3) is 5.91 Å². The van der Waals surface area contributed by atoms with Gasteiger partial charge < -0.3 is 14.8 Å². The topological polar surface area (TPSA) is 71.3 Å². The maximum absolute atomic E-state index is 11.7. The number of nitrogens with zero attached hydrogens (tertiary/aromatic N) is 1. The van der Waals surface area contributed by atoms with Gasteiger partial charge in [0, 0.05) is 12.6 Å². The second kappa shape index (κ2) is 6.92. The second-order valence-electron chi connectivity index (χ2n) is 4.74. The first-order valence-electron chi connectivity index (χ1n) is 6.75. The van der Waals surface area contributed by atoms with Gasteiger partial charge in [0.2, 0.25) is 0 Å². The van der Waals surface area contributed by atoms with E-state index in [0.717, 1.165) is 12.8 Å². The van der Waals surface area contributed by atoms with Gasteiger partial charge in [0.15, 0.2) is 6.61 Å². The predicted molar refractivity (Wildman–Crippen MR) is 73.2 cm³/mol. The highest BCUT2D eigenvalue weighted by molar-refractivity contribution is 5.78. The Morgan fingerprint density at radius 1 is 1.40 bits per heavy atom. The average molecular weight is 274 g/mol. The number of rotatable bonds is 6. The molecule has 1 aromatic rings. The highest BCUT2D eigenvalue weighted by Crippen LogP contribution is 2.23. The minimum atomic E-state index is -0.130. The Morgan fingerprint density at radius 3 is 2.70 bits per heavy atom. The van der Waals surface area contributed by atoms with Crippen LogP contribution in [0.25, 0.3) is 0 Å². The summed E-state index contributed by atoms with van der Waals surface area (Å²) >= 11 is 0. The molecular formula is C15H18N2O3. The van der Waals surface area contributed by atoms with E-state index < -0.39 is 0 Å². The molecule has 1 aliphatic carbocycles. The highest BCUT2D eigenvalue weighted by Gasteiger charge is 2.30. The zero-order valence-electron chi connectivity index (χ0n) is 11.5. The molecule has 2 rings (SSSR count). The number of nitrogens with one attached hydrogen (secondary N) is 1. The first-order valence-corrected chi connectivity index (χ1v) is 6.75. The molecule has 106 valence electrons. The molecular weight excluding hydrogens is 256 g/mol. The van der Waals surface area contributed by atoms with Crippen molar-refractivity contribution in [2.45, 2.75) is 31.9 Å². The van der Waals surface area contributed by atoms with Crippen LogP contribution >= 0.6 is 0 Å². The lowest BCUT2D eigenvalue weighted by Crippen LogP contribution is -2.49. The zero-order chi connectivity index (χ0) is 14.4. The summed E-state index contributed by atoms with van der Waals surface area (Å²) in [5.74, 6) is 0.453. The van der Waals surface area contributed by atoms with E-state index in [1.54, 1.807) is 24.3 Å². The third-order valence-corrected chi connectivity index (χ3v) is 3.22.